The Labute approximate surface area is 194 Å². The number of nitrogens with one attached hydrogen (secondary N) is 1. The SMILES string of the molecule is O=C(Nc1ccc(Br)cc1Br)c1oc2ccccc2c1CSc1ccc(Cl)cc1. The summed E-state index contributed by atoms with van der Waals surface area (Å²) in [5.74, 6) is 0.640. The van der Waals surface area contributed by atoms with Gasteiger partial charge in [-0.15, -0.1) is 11.8 Å². The molecule has 4 rings (SSSR count). The summed E-state index contributed by atoms with van der Waals surface area (Å²) in [6.45, 7) is 0. The molecule has 0 unspecified atom stereocenters. The highest BCUT2D eigenvalue weighted by Crippen LogP contribution is 2.34. The van der Waals surface area contributed by atoms with Crippen LogP contribution in [0.5, 0.6) is 0 Å². The number of hydrogen-bond donors (Lipinski definition) is 1. The van der Waals surface area contributed by atoms with Gasteiger partial charge >= 0.3 is 0 Å². The first kappa shape index (κ1) is 20.5. The van der Waals surface area contributed by atoms with Crippen molar-refractivity contribution in [1.29, 1.82) is 0 Å². The number of benzene rings is 3. The van der Waals surface area contributed by atoms with Gasteiger partial charge in [0, 0.05) is 35.6 Å². The van der Waals surface area contributed by atoms with Crippen molar-refractivity contribution in [3.63, 3.8) is 0 Å². The summed E-state index contributed by atoms with van der Waals surface area (Å²) in [7, 11) is 0. The van der Waals surface area contributed by atoms with E-state index in [9.17, 15) is 4.79 Å². The summed E-state index contributed by atoms with van der Waals surface area (Å²) in [5, 5.41) is 4.57. The molecule has 0 aliphatic rings. The Kier molecular flexibility index (Phi) is 6.35. The fourth-order valence-electron chi connectivity index (χ4n) is 2.88. The maximum Gasteiger partial charge on any atom is 0.291 e. The number of amides is 1. The number of halogens is 3. The lowest BCUT2D eigenvalue weighted by molar-refractivity contribution is 0.0997. The Bertz CT molecular complexity index is 1190. The van der Waals surface area contributed by atoms with E-state index in [0.29, 0.717) is 27.8 Å². The van der Waals surface area contributed by atoms with Crippen LogP contribution in [0.3, 0.4) is 0 Å². The van der Waals surface area contributed by atoms with E-state index in [1.54, 1.807) is 11.8 Å². The lowest BCUT2D eigenvalue weighted by Crippen LogP contribution is -2.13. The molecule has 4 aromatic rings. The van der Waals surface area contributed by atoms with E-state index < -0.39 is 0 Å². The molecule has 0 spiro atoms. The van der Waals surface area contributed by atoms with Crippen molar-refractivity contribution >= 4 is 77.8 Å². The molecule has 3 aromatic carbocycles. The summed E-state index contributed by atoms with van der Waals surface area (Å²) in [6.07, 6.45) is 0. The van der Waals surface area contributed by atoms with E-state index in [4.69, 9.17) is 16.0 Å². The van der Waals surface area contributed by atoms with Gasteiger partial charge in [-0.05, 0) is 64.5 Å². The third-order valence-electron chi connectivity index (χ3n) is 4.28. The highest BCUT2D eigenvalue weighted by atomic mass is 79.9. The molecule has 1 amide bonds. The summed E-state index contributed by atoms with van der Waals surface area (Å²) < 4.78 is 7.64. The summed E-state index contributed by atoms with van der Waals surface area (Å²) in [5.41, 5.74) is 2.24. The van der Waals surface area contributed by atoms with Crippen LogP contribution in [0.25, 0.3) is 11.0 Å². The molecule has 7 heteroatoms. The quantitative estimate of drug-likeness (QED) is 0.255. The molecule has 0 saturated carbocycles. The van der Waals surface area contributed by atoms with Gasteiger partial charge in [-0.3, -0.25) is 4.79 Å². The fraction of sp³-hybridized carbons (Fsp3) is 0.0455. The molecule has 1 heterocycles. The zero-order chi connectivity index (χ0) is 20.4. The van der Waals surface area contributed by atoms with Crippen LogP contribution >= 0.6 is 55.2 Å². The van der Waals surface area contributed by atoms with Crippen LogP contribution in [0.4, 0.5) is 5.69 Å². The second kappa shape index (κ2) is 8.96. The minimum atomic E-state index is -0.282. The highest BCUT2D eigenvalue weighted by molar-refractivity contribution is 9.11. The molecule has 0 aliphatic heterocycles. The normalized spacial score (nSPS) is 11.0. The first-order valence-corrected chi connectivity index (χ1v) is 11.6. The molecule has 146 valence electrons. The molecule has 1 aromatic heterocycles. The lowest BCUT2D eigenvalue weighted by Gasteiger charge is -2.08. The van der Waals surface area contributed by atoms with Crippen LogP contribution in [-0.4, -0.2) is 5.91 Å². The van der Waals surface area contributed by atoms with Crippen molar-refractivity contribution in [1.82, 2.24) is 0 Å². The van der Waals surface area contributed by atoms with Gasteiger partial charge in [-0.2, -0.15) is 0 Å². The van der Waals surface area contributed by atoms with Gasteiger partial charge in [0.1, 0.15) is 5.58 Å². The first-order valence-electron chi connectivity index (χ1n) is 8.66. The third-order valence-corrected chi connectivity index (χ3v) is 6.72. The van der Waals surface area contributed by atoms with E-state index in [2.05, 4.69) is 37.2 Å². The molecular weight excluding hydrogens is 538 g/mol. The summed E-state index contributed by atoms with van der Waals surface area (Å²) in [4.78, 5) is 14.1. The number of thioether (sulfide) groups is 1. The molecule has 0 atom stereocenters. The molecular formula is C22H14Br2ClNO2S. The number of carbonyl (C=O) groups is 1. The highest BCUT2D eigenvalue weighted by Gasteiger charge is 2.21. The van der Waals surface area contributed by atoms with Gasteiger partial charge in [0.2, 0.25) is 0 Å². The average molecular weight is 552 g/mol. The minimum Gasteiger partial charge on any atom is -0.451 e. The van der Waals surface area contributed by atoms with Crippen LogP contribution in [0.15, 0.2) is 85.0 Å². The predicted octanol–water partition coefficient (Wildman–Crippen LogP) is 8.16. The summed E-state index contributed by atoms with van der Waals surface area (Å²) >= 11 is 14.5. The topological polar surface area (TPSA) is 42.2 Å². The maximum absolute atomic E-state index is 13.0. The molecule has 0 bridgehead atoms. The first-order chi connectivity index (χ1) is 14.0. The number of hydrogen-bond acceptors (Lipinski definition) is 3. The van der Waals surface area contributed by atoms with Gasteiger partial charge in [0.05, 0.1) is 5.69 Å². The number of carbonyl (C=O) groups excluding carboxylic acids is 1. The molecule has 1 N–H and O–H groups in total. The predicted molar refractivity (Wildman–Crippen MR) is 127 cm³/mol. The van der Waals surface area contributed by atoms with Crippen molar-refractivity contribution in [3.05, 3.63) is 92.0 Å². The zero-order valence-electron chi connectivity index (χ0n) is 14.9. The van der Waals surface area contributed by atoms with Gasteiger partial charge in [0.25, 0.3) is 5.91 Å². The zero-order valence-corrected chi connectivity index (χ0v) is 19.7. The summed E-state index contributed by atoms with van der Waals surface area (Å²) in [6, 6.07) is 20.9. The Hall–Kier alpha value is -1.73. The van der Waals surface area contributed by atoms with Gasteiger partial charge in [0.15, 0.2) is 5.76 Å². The molecule has 0 saturated heterocycles. The van der Waals surface area contributed by atoms with E-state index in [0.717, 1.165) is 24.8 Å². The van der Waals surface area contributed by atoms with Crippen LogP contribution in [0.1, 0.15) is 16.1 Å². The number of fused-ring (bicyclic) bond motifs is 1. The van der Waals surface area contributed by atoms with E-state index in [1.807, 2.05) is 66.7 Å². The van der Waals surface area contributed by atoms with E-state index in [-0.39, 0.29) is 5.91 Å². The lowest BCUT2D eigenvalue weighted by atomic mass is 10.1. The van der Waals surface area contributed by atoms with E-state index >= 15 is 0 Å². The average Bonchev–Trinajstić information content (AvgIpc) is 3.08. The molecule has 29 heavy (non-hydrogen) atoms. The van der Waals surface area contributed by atoms with Crippen LogP contribution in [-0.2, 0) is 5.75 Å². The standard InChI is InChI=1S/C22H14Br2ClNO2S/c23-13-5-10-19(18(24)11-13)26-22(27)21-17(16-3-1-2-4-20(16)28-21)12-29-15-8-6-14(25)7-9-15/h1-11H,12H2,(H,26,27). The Morgan fingerprint density at radius 2 is 1.79 bits per heavy atom. The molecule has 0 fully saturated rings. The van der Waals surface area contributed by atoms with Gasteiger partial charge < -0.3 is 9.73 Å². The monoisotopic (exact) mass is 549 g/mol. The van der Waals surface area contributed by atoms with Crippen molar-refractivity contribution < 1.29 is 9.21 Å². The van der Waals surface area contributed by atoms with Gasteiger partial charge in [-0.25, -0.2) is 0 Å². The number of para-hydroxylation sites is 1. The van der Waals surface area contributed by atoms with Crippen molar-refractivity contribution in [2.45, 2.75) is 10.6 Å². The van der Waals surface area contributed by atoms with Crippen LogP contribution < -0.4 is 5.32 Å². The maximum atomic E-state index is 13.0. The van der Waals surface area contributed by atoms with Crippen molar-refractivity contribution in [3.8, 4) is 0 Å². The number of anilines is 1. The van der Waals surface area contributed by atoms with Crippen LogP contribution in [0, 0.1) is 0 Å². The fourth-order valence-corrected chi connectivity index (χ4v) is 5.08. The Morgan fingerprint density at radius 1 is 1.03 bits per heavy atom. The second-order valence-corrected chi connectivity index (χ2v) is 9.48. The van der Waals surface area contributed by atoms with Crippen molar-refractivity contribution in [2.24, 2.45) is 0 Å². The van der Waals surface area contributed by atoms with Gasteiger partial charge in [-0.1, -0.05) is 45.7 Å². The van der Waals surface area contributed by atoms with Crippen LogP contribution in [0.2, 0.25) is 5.02 Å². The van der Waals surface area contributed by atoms with E-state index in [1.165, 1.54) is 0 Å². The largest absolute Gasteiger partial charge is 0.451 e. The second-order valence-electron chi connectivity index (χ2n) is 6.23. The Balaban J connectivity index is 1.65. The smallest absolute Gasteiger partial charge is 0.291 e. The minimum absolute atomic E-state index is 0.282. The molecule has 0 radical (unpaired) electrons. The molecule has 0 aliphatic carbocycles. The Morgan fingerprint density at radius 3 is 2.55 bits per heavy atom. The molecule has 3 nitrogen and oxygen atoms in total. The van der Waals surface area contributed by atoms with Crippen molar-refractivity contribution in [2.75, 3.05) is 5.32 Å². The number of furan rings is 1. The third kappa shape index (κ3) is 4.72. The number of rotatable bonds is 5.